The van der Waals surface area contributed by atoms with E-state index in [-0.39, 0.29) is 5.91 Å². The lowest BCUT2D eigenvalue weighted by Gasteiger charge is -2.14. The highest BCUT2D eigenvalue weighted by molar-refractivity contribution is 7.98. The van der Waals surface area contributed by atoms with E-state index in [2.05, 4.69) is 23.5 Å². The average Bonchev–Trinajstić information content (AvgIpc) is 3.07. The van der Waals surface area contributed by atoms with Crippen molar-refractivity contribution >= 4 is 23.4 Å². The van der Waals surface area contributed by atoms with Gasteiger partial charge in [0.1, 0.15) is 0 Å². The Morgan fingerprint density at radius 1 is 1.21 bits per heavy atom. The first-order valence-electron chi connectivity index (χ1n) is 7.88. The summed E-state index contributed by atoms with van der Waals surface area (Å²) < 4.78 is 5.50. The number of hydrogen-bond donors (Lipinski definition) is 1. The van der Waals surface area contributed by atoms with Crippen LogP contribution in [-0.2, 0) is 12.2 Å². The van der Waals surface area contributed by atoms with E-state index in [4.69, 9.17) is 4.52 Å². The van der Waals surface area contributed by atoms with Crippen molar-refractivity contribution < 1.29 is 9.32 Å². The van der Waals surface area contributed by atoms with Crippen LogP contribution in [0.25, 0.3) is 11.3 Å². The van der Waals surface area contributed by atoms with Crippen LogP contribution in [0, 0.1) is 0 Å². The van der Waals surface area contributed by atoms with Crippen LogP contribution < -0.4 is 5.32 Å². The summed E-state index contributed by atoms with van der Waals surface area (Å²) in [6, 6.07) is 15.8. The fraction of sp³-hybridized carbons (Fsp3) is 0.158. The molecule has 0 atom stereocenters. The number of benzene rings is 2. The molecular formula is C19H16N2O2S. The number of thioether (sulfide) groups is 1. The highest BCUT2D eigenvalue weighted by Crippen LogP contribution is 2.42. The SMILES string of the molecule is CCc1ccccc1NC(=O)c1noc2c1CSc1ccccc1-2. The number of anilines is 1. The summed E-state index contributed by atoms with van der Waals surface area (Å²) in [6.45, 7) is 2.07. The molecular weight excluding hydrogens is 320 g/mol. The van der Waals surface area contributed by atoms with Gasteiger partial charge in [-0.05, 0) is 30.2 Å². The van der Waals surface area contributed by atoms with E-state index in [0.29, 0.717) is 17.2 Å². The van der Waals surface area contributed by atoms with Crippen molar-refractivity contribution in [1.82, 2.24) is 5.16 Å². The number of carbonyl (C=O) groups is 1. The number of fused-ring (bicyclic) bond motifs is 3. The van der Waals surface area contributed by atoms with Crippen LogP contribution in [0.2, 0.25) is 0 Å². The van der Waals surface area contributed by atoms with Crippen LogP contribution in [0.1, 0.15) is 28.5 Å². The van der Waals surface area contributed by atoms with Crippen molar-refractivity contribution in [3.8, 4) is 11.3 Å². The molecule has 1 aliphatic rings. The van der Waals surface area contributed by atoms with Gasteiger partial charge in [0.2, 0.25) is 0 Å². The summed E-state index contributed by atoms with van der Waals surface area (Å²) in [5.74, 6) is 1.17. The standard InChI is InChI=1S/C19H16N2O2S/c1-2-12-7-3-5-9-15(12)20-19(22)17-14-11-24-16-10-6-4-8-13(16)18(14)23-21-17/h3-10H,2,11H2,1H3,(H,20,22). The predicted octanol–water partition coefficient (Wildman–Crippen LogP) is 4.76. The second-order valence-corrected chi connectivity index (χ2v) is 6.61. The maximum absolute atomic E-state index is 12.7. The summed E-state index contributed by atoms with van der Waals surface area (Å²) in [5.41, 5.74) is 4.17. The van der Waals surface area contributed by atoms with Gasteiger partial charge in [-0.2, -0.15) is 0 Å². The number of hydrogen-bond acceptors (Lipinski definition) is 4. The van der Waals surface area contributed by atoms with E-state index >= 15 is 0 Å². The van der Waals surface area contributed by atoms with Gasteiger partial charge in [-0.25, -0.2) is 0 Å². The lowest BCUT2D eigenvalue weighted by molar-refractivity contribution is 0.101. The Morgan fingerprint density at radius 3 is 2.88 bits per heavy atom. The van der Waals surface area contributed by atoms with Crippen molar-refractivity contribution in [2.75, 3.05) is 5.32 Å². The third kappa shape index (κ3) is 2.51. The molecule has 0 radical (unpaired) electrons. The number of aromatic nitrogens is 1. The number of nitrogens with zero attached hydrogens (tertiary/aromatic N) is 1. The number of carbonyl (C=O) groups excluding carboxylic acids is 1. The van der Waals surface area contributed by atoms with Gasteiger partial charge in [-0.1, -0.05) is 42.4 Å². The molecule has 0 saturated heterocycles. The Labute approximate surface area is 144 Å². The molecule has 0 saturated carbocycles. The Hall–Kier alpha value is -2.53. The molecule has 0 fully saturated rings. The van der Waals surface area contributed by atoms with Gasteiger partial charge in [0.05, 0.1) is 0 Å². The minimum Gasteiger partial charge on any atom is -0.355 e. The third-order valence-corrected chi connectivity index (χ3v) is 5.25. The van der Waals surface area contributed by atoms with Gasteiger partial charge in [0, 0.05) is 27.5 Å². The highest BCUT2D eigenvalue weighted by atomic mass is 32.2. The summed E-state index contributed by atoms with van der Waals surface area (Å²) in [7, 11) is 0. The van der Waals surface area contributed by atoms with Crippen molar-refractivity contribution in [3.05, 3.63) is 65.4 Å². The minimum absolute atomic E-state index is 0.221. The molecule has 1 aliphatic heterocycles. The van der Waals surface area contributed by atoms with Crippen molar-refractivity contribution in [2.24, 2.45) is 0 Å². The molecule has 24 heavy (non-hydrogen) atoms. The first kappa shape index (κ1) is 15.0. The molecule has 1 N–H and O–H groups in total. The molecule has 4 rings (SSSR count). The molecule has 0 bridgehead atoms. The summed E-state index contributed by atoms with van der Waals surface area (Å²) in [4.78, 5) is 13.8. The molecule has 120 valence electrons. The zero-order valence-corrected chi connectivity index (χ0v) is 14.0. The van der Waals surface area contributed by atoms with Crippen LogP contribution in [0.5, 0.6) is 0 Å². The summed E-state index contributed by atoms with van der Waals surface area (Å²) in [6.07, 6.45) is 0.858. The smallest absolute Gasteiger partial charge is 0.278 e. The maximum Gasteiger partial charge on any atom is 0.278 e. The van der Waals surface area contributed by atoms with Gasteiger partial charge in [-0.15, -0.1) is 11.8 Å². The number of rotatable bonds is 3. The number of amides is 1. The Bertz CT molecular complexity index is 917. The number of para-hydroxylation sites is 1. The van der Waals surface area contributed by atoms with Gasteiger partial charge in [0.25, 0.3) is 5.91 Å². The molecule has 5 heteroatoms. The molecule has 0 spiro atoms. The van der Waals surface area contributed by atoms with Crippen molar-refractivity contribution in [1.29, 1.82) is 0 Å². The van der Waals surface area contributed by atoms with E-state index in [0.717, 1.165) is 33.7 Å². The first-order valence-corrected chi connectivity index (χ1v) is 8.86. The lowest BCUT2D eigenvalue weighted by Crippen LogP contribution is -2.15. The molecule has 1 amide bonds. The summed E-state index contributed by atoms with van der Waals surface area (Å²) in [5, 5.41) is 7.02. The fourth-order valence-corrected chi connectivity index (χ4v) is 3.95. The Morgan fingerprint density at radius 2 is 2.00 bits per heavy atom. The maximum atomic E-state index is 12.7. The van der Waals surface area contributed by atoms with Gasteiger partial charge < -0.3 is 9.84 Å². The number of aryl methyl sites for hydroxylation is 1. The fourth-order valence-electron chi connectivity index (χ4n) is 2.90. The Balaban J connectivity index is 1.67. The quantitative estimate of drug-likeness (QED) is 0.749. The monoisotopic (exact) mass is 336 g/mol. The lowest BCUT2D eigenvalue weighted by atomic mass is 10.1. The van der Waals surface area contributed by atoms with Crippen LogP contribution >= 0.6 is 11.8 Å². The topological polar surface area (TPSA) is 55.1 Å². The van der Waals surface area contributed by atoms with E-state index < -0.39 is 0 Å². The van der Waals surface area contributed by atoms with E-state index in [1.807, 2.05) is 42.5 Å². The average molecular weight is 336 g/mol. The van der Waals surface area contributed by atoms with Crippen LogP contribution in [-0.4, -0.2) is 11.1 Å². The molecule has 0 aliphatic carbocycles. The third-order valence-electron chi connectivity index (χ3n) is 4.15. The molecule has 2 aromatic carbocycles. The van der Waals surface area contributed by atoms with Gasteiger partial charge in [0.15, 0.2) is 11.5 Å². The second kappa shape index (κ2) is 6.17. The van der Waals surface area contributed by atoms with E-state index in [9.17, 15) is 4.79 Å². The van der Waals surface area contributed by atoms with Crippen LogP contribution in [0.15, 0.2) is 57.9 Å². The molecule has 1 aromatic heterocycles. The largest absolute Gasteiger partial charge is 0.355 e. The predicted molar refractivity (Wildman–Crippen MR) is 95.3 cm³/mol. The normalized spacial score (nSPS) is 12.4. The van der Waals surface area contributed by atoms with E-state index in [1.54, 1.807) is 11.8 Å². The Kier molecular flexibility index (Phi) is 3.86. The van der Waals surface area contributed by atoms with Crippen LogP contribution in [0.4, 0.5) is 5.69 Å². The van der Waals surface area contributed by atoms with Crippen molar-refractivity contribution in [3.63, 3.8) is 0 Å². The van der Waals surface area contributed by atoms with Crippen LogP contribution in [0.3, 0.4) is 0 Å². The minimum atomic E-state index is -0.221. The zero-order chi connectivity index (χ0) is 16.5. The van der Waals surface area contributed by atoms with Gasteiger partial charge in [-0.3, -0.25) is 4.79 Å². The van der Waals surface area contributed by atoms with E-state index in [1.165, 1.54) is 0 Å². The first-order chi connectivity index (χ1) is 11.8. The molecule has 4 nitrogen and oxygen atoms in total. The molecule has 2 heterocycles. The molecule has 0 unspecified atom stereocenters. The van der Waals surface area contributed by atoms with Crippen molar-refractivity contribution in [2.45, 2.75) is 24.0 Å². The van der Waals surface area contributed by atoms with Gasteiger partial charge >= 0.3 is 0 Å². The summed E-state index contributed by atoms with van der Waals surface area (Å²) >= 11 is 1.70. The number of nitrogens with one attached hydrogen (secondary N) is 1. The second-order valence-electron chi connectivity index (χ2n) is 5.59. The zero-order valence-electron chi connectivity index (χ0n) is 13.2. The molecule has 3 aromatic rings. The highest BCUT2D eigenvalue weighted by Gasteiger charge is 2.28.